The van der Waals surface area contributed by atoms with Crippen LogP contribution in [0.25, 0.3) is 0 Å². The van der Waals surface area contributed by atoms with E-state index in [0.29, 0.717) is 0 Å². The van der Waals surface area contributed by atoms with Crippen LogP contribution in [0.2, 0.25) is 0 Å². The van der Waals surface area contributed by atoms with Crippen molar-refractivity contribution in [2.24, 2.45) is 0 Å². The van der Waals surface area contributed by atoms with Crippen LogP contribution in [0.3, 0.4) is 0 Å². The molecule has 0 amide bonds. The molecule has 0 unspecified atom stereocenters. The number of hydrogen-bond donors (Lipinski definition) is 0. The van der Waals surface area contributed by atoms with Crippen LogP contribution >= 0.6 is 0 Å². The lowest BCUT2D eigenvalue weighted by molar-refractivity contribution is -0.256. The fourth-order valence-electron chi connectivity index (χ4n) is 4.66. The van der Waals surface area contributed by atoms with Crippen LogP contribution in [0.5, 0.6) is 0 Å². The van der Waals surface area contributed by atoms with E-state index in [2.05, 4.69) is 0 Å². The van der Waals surface area contributed by atoms with Gasteiger partial charge in [0.1, 0.15) is 0 Å². The third-order valence-corrected chi connectivity index (χ3v) is 7.89. The molecule has 0 heterocycles. The van der Waals surface area contributed by atoms with Gasteiger partial charge >= 0.3 is 0 Å². The Morgan fingerprint density at radius 2 is 0.800 bits per heavy atom. The molecule has 0 saturated carbocycles. The average molecular weight is 748 g/mol. The summed E-state index contributed by atoms with van der Waals surface area (Å²) in [6.07, 6.45) is 0. The minimum atomic E-state index is -1.12. The van der Waals surface area contributed by atoms with Crippen molar-refractivity contribution in [1.29, 1.82) is 0 Å². The molecular formula is C45H47O10-5. The molecule has 0 bridgehead atoms. The molecule has 0 spiro atoms. The van der Waals surface area contributed by atoms with Gasteiger partial charge in [-0.05, 0) is 119 Å². The Labute approximate surface area is 323 Å². The summed E-state index contributed by atoms with van der Waals surface area (Å²) in [7, 11) is 0. The molecule has 0 saturated heterocycles. The Balaban J connectivity index is 0.000000660. The van der Waals surface area contributed by atoms with E-state index < -0.39 is 29.8 Å². The number of carbonyl (C=O) groups excluding carboxylic acids is 5. The molecule has 0 N–H and O–H groups in total. The first kappa shape index (κ1) is 48.5. The third kappa shape index (κ3) is 17.2. The predicted molar refractivity (Wildman–Crippen MR) is 203 cm³/mol. The number of rotatable bonds is 5. The molecule has 55 heavy (non-hydrogen) atoms. The van der Waals surface area contributed by atoms with Gasteiger partial charge in [0, 0.05) is 11.1 Å². The topological polar surface area (TPSA) is 201 Å². The quantitative estimate of drug-likeness (QED) is 0.256. The smallest absolute Gasteiger partial charge is 0.0718 e. The molecule has 5 aromatic carbocycles. The third-order valence-electron chi connectivity index (χ3n) is 7.89. The molecule has 10 heteroatoms. The molecule has 0 aromatic heterocycles. The lowest BCUT2D eigenvalue weighted by Crippen LogP contribution is -2.23. The molecular weight excluding hydrogens is 700 g/mol. The zero-order valence-corrected chi connectivity index (χ0v) is 31.8. The first-order chi connectivity index (χ1) is 25.1. The number of aryl methyl sites for hydroxylation is 8. The van der Waals surface area contributed by atoms with Gasteiger partial charge < -0.3 is 49.5 Å². The van der Waals surface area contributed by atoms with E-state index in [0.717, 1.165) is 50.1 Å². The molecule has 5 rings (SSSR count). The summed E-state index contributed by atoms with van der Waals surface area (Å²) in [6.45, 7) is 16.6. The summed E-state index contributed by atoms with van der Waals surface area (Å²) >= 11 is 0. The molecule has 0 atom stereocenters. The van der Waals surface area contributed by atoms with E-state index in [1.54, 1.807) is 80.6 Å². The summed E-state index contributed by atoms with van der Waals surface area (Å²) in [4.78, 5) is 51.9. The largest absolute Gasteiger partial charge is 0.545 e. The number of carbonyl (C=O) groups is 5. The van der Waals surface area contributed by atoms with Crippen molar-refractivity contribution in [3.05, 3.63) is 175 Å². The van der Waals surface area contributed by atoms with Crippen LogP contribution in [-0.4, -0.2) is 29.8 Å². The summed E-state index contributed by atoms with van der Waals surface area (Å²) in [5.41, 5.74) is 9.65. The second-order valence-corrected chi connectivity index (χ2v) is 12.5. The highest BCUT2D eigenvalue weighted by Crippen LogP contribution is 2.12. The van der Waals surface area contributed by atoms with Crippen LogP contribution < -0.4 is 25.5 Å². The van der Waals surface area contributed by atoms with Crippen molar-refractivity contribution >= 4 is 29.8 Å². The Bertz CT molecular complexity index is 2080. The van der Waals surface area contributed by atoms with E-state index in [1.807, 2.05) is 72.7 Å². The summed E-state index contributed by atoms with van der Waals surface area (Å²) < 4.78 is 0. The maximum Gasteiger partial charge on any atom is 0.0718 e. The van der Waals surface area contributed by atoms with E-state index in [9.17, 15) is 49.5 Å². The molecule has 0 radical (unpaired) electrons. The maximum absolute atomic E-state index is 10.5. The zero-order valence-electron chi connectivity index (χ0n) is 31.8. The highest BCUT2D eigenvalue weighted by molar-refractivity contribution is 5.89. The van der Waals surface area contributed by atoms with Crippen LogP contribution in [0.15, 0.2) is 97.1 Å². The molecule has 0 aliphatic heterocycles. The Hall–Kier alpha value is -6.55. The van der Waals surface area contributed by atoms with Crippen molar-refractivity contribution < 1.29 is 49.5 Å². The molecule has 0 aliphatic carbocycles. The minimum Gasteiger partial charge on any atom is -0.545 e. The van der Waals surface area contributed by atoms with Gasteiger partial charge in [0.05, 0.1) is 29.8 Å². The van der Waals surface area contributed by atoms with Gasteiger partial charge in [0.25, 0.3) is 0 Å². The molecule has 0 aliphatic rings. The van der Waals surface area contributed by atoms with Crippen LogP contribution in [0.1, 0.15) is 109 Å². The first-order valence-corrected chi connectivity index (χ1v) is 16.6. The van der Waals surface area contributed by atoms with Gasteiger partial charge in [-0.1, -0.05) is 115 Å². The van der Waals surface area contributed by atoms with Gasteiger partial charge in [-0.2, -0.15) is 0 Å². The van der Waals surface area contributed by atoms with Crippen molar-refractivity contribution in [3.8, 4) is 0 Å². The zero-order chi connectivity index (χ0) is 41.3. The Morgan fingerprint density at radius 1 is 0.345 bits per heavy atom. The van der Waals surface area contributed by atoms with E-state index in [1.165, 1.54) is 6.07 Å². The van der Waals surface area contributed by atoms with Gasteiger partial charge in [0.2, 0.25) is 0 Å². The minimum absolute atomic E-state index is 0. The second kappa shape index (κ2) is 23.2. The lowest BCUT2D eigenvalue weighted by Gasteiger charge is -2.07. The van der Waals surface area contributed by atoms with Crippen molar-refractivity contribution in [2.75, 3.05) is 0 Å². The van der Waals surface area contributed by atoms with Crippen LogP contribution in [-0.2, 0) is 0 Å². The van der Waals surface area contributed by atoms with Crippen molar-refractivity contribution in [3.63, 3.8) is 0 Å². The summed E-state index contributed by atoms with van der Waals surface area (Å²) in [5.74, 6) is -5.56. The van der Waals surface area contributed by atoms with Gasteiger partial charge in [0.15, 0.2) is 0 Å². The lowest BCUT2D eigenvalue weighted by atomic mass is 10.0. The summed E-state index contributed by atoms with van der Waals surface area (Å²) in [6, 6.07) is 27.1. The van der Waals surface area contributed by atoms with E-state index in [4.69, 9.17) is 0 Å². The van der Waals surface area contributed by atoms with E-state index in [-0.39, 0.29) is 35.2 Å². The van der Waals surface area contributed by atoms with Crippen LogP contribution in [0.4, 0.5) is 0 Å². The van der Waals surface area contributed by atoms with Gasteiger partial charge in [-0.15, -0.1) is 0 Å². The first-order valence-electron chi connectivity index (χ1n) is 16.6. The predicted octanol–water partition coefficient (Wildman–Crippen LogP) is 3.66. The number of carboxylic acid groups (broad SMARTS) is 5. The average Bonchev–Trinajstić information content (AvgIpc) is 3.08. The second-order valence-electron chi connectivity index (χ2n) is 12.5. The van der Waals surface area contributed by atoms with E-state index >= 15 is 0 Å². The normalized spacial score (nSPS) is 9.40. The standard InChI is InChI=1S/4C9H10O2.C8H8O2.CH4/c1-6-3-7(2)5-8(4-6)9(10)11;1-6-3-4-8(9(10)11)5-7(6)2;1-6-3-4-7(2)8(5-6)9(10)11;1-6-4-3-5-8(7(6)2)9(10)11;1-6-3-2-4-7(5-6)8(9)10;/h4*3-5H,1-2H3,(H,10,11);2-5H,1H3,(H,9,10);1H4/p-5. The molecule has 5 aromatic rings. The monoisotopic (exact) mass is 747 g/mol. The highest BCUT2D eigenvalue weighted by atomic mass is 16.4. The Morgan fingerprint density at radius 3 is 1.22 bits per heavy atom. The SMILES string of the molecule is C.Cc1cc(C)cc(C(=O)[O-])c1.Cc1ccc(C(=O)[O-])cc1C.Cc1ccc(C)c(C(=O)[O-])c1.Cc1cccc(C(=O)[O-])c1.Cc1cccc(C(=O)[O-])c1C. The van der Waals surface area contributed by atoms with Gasteiger partial charge in [-0.25, -0.2) is 0 Å². The highest BCUT2D eigenvalue weighted by Gasteiger charge is 2.00. The molecule has 292 valence electrons. The fourth-order valence-corrected chi connectivity index (χ4v) is 4.66. The number of aromatic carboxylic acids is 5. The van der Waals surface area contributed by atoms with Crippen LogP contribution in [0, 0.1) is 62.3 Å². The molecule has 10 nitrogen and oxygen atoms in total. The molecule has 0 fully saturated rings. The fraction of sp³-hybridized carbons (Fsp3) is 0.222. The van der Waals surface area contributed by atoms with Crippen molar-refractivity contribution in [2.45, 2.75) is 69.7 Å². The van der Waals surface area contributed by atoms with Crippen molar-refractivity contribution in [1.82, 2.24) is 0 Å². The number of carboxylic acids is 5. The number of hydrogen-bond acceptors (Lipinski definition) is 10. The number of benzene rings is 5. The summed E-state index contributed by atoms with van der Waals surface area (Å²) in [5, 5.41) is 51.9. The maximum atomic E-state index is 10.5. The Kier molecular flexibility index (Phi) is 20.4. The van der Waals surface area contributed by atoms with Gasteiger partial charge in [-0.3, -0.25) is 0 Å².